The molecule has 0 radical (unpaired) electrons. The lowest BCUT2D eigenvalue weighted by Gasteiger charge is -2.29. The molecule has 1 aromatic heterocycles. The maximum Gasteiger partial charge on any atom is 0.338 e. The summed E-state index contributed by atoms with van der Waals surface area (Å²) >= 11 is 0. The average Bonchev–Trinajstić information content (AvgIpc) is 3.06. The molecule has 2 atom stereocenters. The van der Waals surface area contributed by atoms with Crippen molar-refractivity contribution < 1.29 is 14.3 Å². The fourth-order valence-electron chi connectivity index (χ4n) is 4.37. The molecule has 1 amide bonds. The van der Waals surface area contributed by atoms with Gasteiger partial charge in [0.25, 0.3) is 5.91 Å². The largest absolute Gasteiger partial charge is 0.462 e. The Kier molecular flexibility index (Phi) is 7.53. The Morgan fingerprint density at radius 3 is 2.53 bits per heavy atom. The number of hydrogen-bond donors (Lipinski definition) is 1. The Hall–Kier alpha value is -3.33. The first-order chi connectivity index (χ1) is 15.3. The molecule has 1 heterocycles. The van der Waals surface area contributed by atoms with Crippen molar-refractivity contribution in [2.45, 2.75) is 59.4 Å². The third kappa shape index (κ3) is 5.11. The van der Waals surface area contributed by atoms with Crippen LogP contribution in [0.1, 0.15) is 66.8 Å². The fraction of sp³-hybridized carbons (Fsp3) is 0.423. The first-order valence-electron chi connectivity index (χ1n) is 11.2. The molecule has 0 aliphatic heterocycles. The molecule has 1 saturated carbocycles. The number of carbonyl (C=O) groups is 2. The van der Waals surface area contributed by atoms with Crippen molar-refractivity contribution >= 4 is 18.0 Å². The first kappa shape index (κ1) is 23.3. The van der Waals surface area contributed by atoms with Crippen molar-refractivity contribution in [3.05, 3.63) is 58.4 Å². The van der Waals surface area contributed by atoms with Crippen LogP contribution in [0, 0.1) is 31.1 Å². The predicted molar refractivity (Wildman–Crippen MR) is 124 cm³/mol. The molecule has 0 spiro atoms. The van der Waals surface area contributed by atoms with Crippen molar-refractivity contribution in [1.29, 1.82) is 5.26 Å². The summed E-state index contributed by atoms with van der Waals surface area (Å²) in [5.74, 6) is -0.231. The summed E-state index contributed by atoms with van der Waals surface area (Å²) in [5.41, 5.74) is 4.21. The van der Waals surface area contributed by atoms with E-state index < -0.39 is 0 Å². The molecule has 2 aromatic rings. The molecular formula is C26H31N3O3. The molecule has 1 aliphatic rings. The number of carbonyl (C=O) groups excluding carboxylic acids is 2. The van der Waals surface area contributed by atoms with Gasteiger partial charge in [0, 0.05) is 23.1 Å². The van der Waals surface area contributed by atoms with Gasteiger partial charge in [-0.15, -0.1) is 0 Å². The Labute approximate surface area is 189 Å². The van der Waals surface area contributed by atoms with E-state index in [0.29, 0.717) is 18.1 Å². The van der Waals surface area contributed by atoms with E-state index in [2.05, 4.69) is 18.3 Å². The Bertz CT molecular complexity index is 1060. The molecule has 6 nitrogen and oxygen atoms in total. The number of aryl methyl sites for hydroxylation is 1. The molecular weight excluding hydrogens is 402 g/mol. The van der Waals surface area contributed by atoms with Gasteiger partial charge in [-0.25, -0.2) is 4.79 Å². The van der Waals surface area contributed by atoms with Crippen LogP contribution in [0.4, 0.5) is 0 Å². The lowest BCUT2D eigenvalue weighted by molar-refractivity contribution is -0.118. The van der Waals surface area contributed by atoms with Gasteiger partial charge in [-0.05, 0) is 81.5 Å². The molecule has 0 bridgehead atoms. The quantitative estimate of drug-likeness (QED) is 0.400. The van der Waals surface area contributed by atoms with Crippen LogP contribution in [0.3, 0.4) is 0 Å². The number of rotatable bonds is 6. The summed E-state index contributed by atoms with van der Waals surface area (Å²) in [7, 11) is 0. The highest BCUT2D eigenvalue weighted by Gasteiger charge is 2.24. The predicted octanol–water partition coefficient (Wildman–Crippen LogP) is 4.87. The Balaban J connectivity index is 1.84. The van der Waals surface area contributed by atoms with Gasteiger partial charge in [0.05, 0.1) is 12.2 Å². The highest BCUT2D eigenvalue weighted by molar-refractivity contribution is 6.02. The maximum atomic E-state index is 12.8. The van der Waals surface area contributed by atoms with Crippen molar-refractivity contribution in [1.82, 2.24) is 9.88 Å². The SMILES string of the molecule is CCOC(=O)c1ccc(-n2c(C)cc(/C=C(\C#N)C(=O)N[C@@H]3CCCC[C@H]3C)c2C)cc1. The zero-order valence-corrected chi connectivity index (χ0v) is 19.3. The number of nitriles is 1. The number of ether oxygens (including phenoxy) is 1. The Morgan fingerprint density at radius 2 is 1.91 bits per heavy atom. The average molecular weight is 434 g/mol. The number of esters is 1. The van der Waals surface area contributed by atoms with Crippen LogP contribution in [-0.2, 0) is 9.53 Å². The van der Waals surface area contributed by atoms with Crippen molar-refractivity contribution in [2.24, 2.45) is 5.92 Å². The second kappa shape index (κ2) is 10.3. The summed E-state index contributed by atoms with van der Waals surface area (Å²) in [6.45, 7) is 8.19. The molecule has 1 fully saturated rings. The lowest BCUT2D eigenvalue weighted by atomic mass is 9.86. The molecule has 0 saturated heterocycles. The minimum absolute atomic E-state index is 0.112. The maximum absolute atomic E-state index is 12.8. The van der Waals surface area contributed by atoms with Crippen LogP contribution in [0.5, 0.6) is 0 Å². The monoisotopic (exact) mass is 433 g/mol. The third-order valence-corrected chi connectivity index (χ3v) is 6.20. The second-order valence-electron chi connectivity index (χ2n) is 8.44. The molecule has 168 valence electrons. The van der Waals surface area contributed by atoms with Crippen LogP contribution >= 0.6 is 0 Å². The third-order valence-electron chi connectivity index (χ3n) is 6.20. The van der Waals surface area contributed by atoms with E-state index in [4.69, 9.17) is 4.74 Å². The molecule has 0 unspecified atom stereocenters. The smallest absolute Gasteiger partial charge is 0.338 e. The number of hydrogen-bond acceptors (Lipinski definition) is 4. The lowest BCUT2D eigenvalue weighted by Crippen LogP contribution is -2.41. The van der Waals surface area contributed by atoms with Crippen molar-refractivity contribution in [3.8, 4) is 11.8 Å². The zero-order chi connectivity index (χ0) is 23.3. The number of benzene rings is 1. The molecule has 6 heteroatoms. The summed E-state index contributed by atoms with van der Waals surface area (Å²) < 4.78 is 7.08. The summed E-state index contributed by atoms with van der Waals surface area (Å²) in [6, 6.07) is 11.4. The van der Waals surface area contributed by atoms with E-state index in [1.54, 1.807) is 25.1 Å². The minimum Gasteiger partial charge on any atom is -0.462 e. The van der Waals surface area contributed by atoms with Gasteiger partial charge >= 0.3 is 5.97 Å². The number of nitrogens with zero attached hydrogens (tertiary/aromatic N) is 2. The van der Waals surface area contributed by atoms with Gasteiger partial charge in [0.2, 0.25) is 0 Å². The molecule has 1 aromatic carbocycles. The summed E-state index contributed by atoms with van der Waals surface area (Å²) in [6.07, 6.45) is 6.03. The van der Waals surface area contributed by atoms with E-state index in [-0.39, 0.29) is 23.5 Å². The number of nitrogens with one attached hydrogen (secondary N) is 1. The molecule has 3 rings (SSSR count). The van der Waals surface area contributed by atoms with E-state index >= 15 is 0 Å². The number of amides is 1. The van der Waals surface area contributed by atoms with Gasteiger partial charge in [0.1, 0.15) is 11.6 Å². The van der Waals surface area contributed by atoms with Crippen LogP contribution in [-0.4, -0.2) is 29.1 Å². The first-order valence-corrected chi connectivity index (χ1v) is 11.2. The summed E-state index contributed by atoms with van der Waals surface area (Å²) in [5, 5.41) is 12.7. The molecule has 1 aliphatic carbocycles. The van der Waals surface area contributed by atoms with Crippen molar-refractivity contribution in [2.75, 3.05) is 6.61 Å². The van der Waals surface area contributed by atoms with E-state index in [9.17, 15) is 14.9 Å². The minimum atomic E-state index is -0.347. The van der Waals surface area contributed by atoms with Crippen LogP contribution in [0.2, 0.25) is 0 Å². The van der Waals surface area contributed by atoms with Gasteiger partial charge in [0.15, 0.2) is 0 Å². The summed E-state index contributed by atoms with van der Waals surface area (Å²) in [4.78, 5) is 24.7. The topological polar surface area (TPSA) is 84.1 Å². The normalized spacial score (nSPS) is 18.7. The Morgan fingerprint density at radius 1 is 1.22 bits per heavy atom. The molecule has 1 N–H and O–H groups in total. The fourth-order valence-corrected chi connectivity index (χ4v) is 4.37. The van der Waals surface area contributed by atoms with Crippen LogP contribution in [0.25, 0.3) is 11.8 Å². The highest BCUT2D eigenvalue weighted by atomic mass is 16.5. The van der Waals surface area contributed by atoms with Crippen molar-refractivity contribution in [3.63, 3.8) is 0 Å². The van der Waals surface area contributed by atoms with Gasteiger partial charge in [-0.3, -0.25) is 4.79 Å². The zero-order valence-electron chi connectivity index (χ0n) is 19.3. The van der Waals surface area contributed by atoms with E-state index in [1.165, 1.54) is 6.42 Å². The van der Waals surface area contributed by atoms with E-state index in [1.807, 2.05) is 36.6 Å². The van der Waals surface area contributed by atoms with Gasteiger partial charge in [-0.1, -0.05) is 19.8 Å². The van der Waals surface area contributed by atoms with E-state index in [0.717, 1.165) is 41.9 Å². The number of aromatic nitrogens is 1. The highest BCUT2D eigenvalue weighted by Crippen LogP contribution is 2.25. The van der Waals surface area contributed by atoms with Gasteiger partial charge < -0.3 is 14.6 Å². The second-order valence-corrected chi connectivity index (χ2v) is 8.44. The molecule has 32 heavy (non-hydrogen) atoms. The van der Waals surface area contributed by atoms with Gasteiger partial charge in [-0.2, -0.15) is 5.26 Å². The van der Waals surface area contributed by atoms with Crippen LogP contribution < -0.4 is 5.32 Å². The standard InChI is InChI=1S/C26H31N3O3/c1-5-32-26(31)20-10-12-23(13-11-20)29-18(3)14-21(19(29)4)15-22(16-27)25(30)28-24-9-7-6-8-17(24)2/h10-15,17,24H,5-9H2,1-4H3,(H,28,30)/b22-15+/t17-,24-/m1/s1. The van der Waals surface area contributed by atoms with Crippen LogP contribution in [0.15, 0.2) is 35.9 Å².